The number of rotatable bonds is 3. The van der Waals surface area contributed by atoms with Crippen molar-refractivity contribution in [3.63, 3.8) is 0 Å². The lowest BCUT2D eigenvalue weighted by atomic mass is 9.80. The van der Waals surface area contributed by atoms with Crippen LogP contribution in [0.4, 0.5) is 5.82 Å². The Hall–Kier alpha value is -1.32. The van der Waals surface area contributed by atoms with E-state index in [2.05, 4.69) is 22.2 Å². The highest BCUT2D eigenvalue weighted by Crippen LogP contribution is 2.30. The van der Waals surface area contributed by atoms with Gasteiger partial charge in [0.25, 0.3) is 5.56 Å². The first-order valence-electron chi connectivity index (χ1n) is 5.07. The summed E-state index contributed by atoms with van der Waals surface area (Å²) in [6.45, 7) is 2.11. The molecule has 2 rings (SSSR count). The number of nitrogens with one attached hydrogen (secondary N) is 2. The largest absolute Gasteiger partial charge is 0.363 e. The fraction of sp³-hybridized carbons (Fsp3) is 0.600. The molecule has 0 radical (unpaired) electrons. The third-order valence-corrected chi connectivity index (χ3v) is 2.93. The average Bonchev–Trinajstić information content (AvgIpc) is 2.05. The summed E-state index contributed by atoms with van der Waals surface area (Å²) in [5.74, 6) is 1.14. The van der Waals surface area contributed by atoms with E-state index in [9.17, 15) is 4.79 Å². The number of aromatic nitrogens is 2. The molecular weight excluding hydrogens is 178 g/mol. The summed E-state index contributed by atoms with van der Waals surface area (Å²) in [5, 5.41) is 3.16. The third kappa shape index (κ3) is 1.78. The molecule has 14 heavy (non-hydrogen) atoms. The SMILES string of the molecule is CC(Nc1ncc[nH]c1=O)C1CCC1. The van der Waals surface area contributed by atoms with Gasteiger partial charge in [-0.25, -0.2) is 4.98 Å². The lowest BCUT2D eigenvalue weighted by Crippen LogP contribution is -2.33. The van der Waals surface area contributed by atoms with Crippen molar-refractivity contribution in [2.45, 2.75) is 32.2 Å². The van der Waals surface area contributed by atoms with E-state index < -0.39 is 0 Å². The summed E-state index contributed by atoms with van der Waals surface area (Å²) < 4.78 is 0. The van der Waals surface area contributed by atoms with E-state index in [1.165, 1.54) is 19.3 Å². The Morgan fingerprint density at radius 2 is 2.43 bits per heavy atom. The normalized spacial score (nSPS) is 18.6. The topological polar surface area (TPSA) is 57.8 Å². The molecule has 1 heterocycles. The van der Waals surface area contributed by atoms with Gasteiger partial charge in [-0.2, -0.15) is 0 Å². The summed E-state index contributed by atoms with van der Waals surface area (Å²) in [6.07, 6.45) is 6.98. The molecule has 0 bridgehead atoms. The van der Waals surface area contributed by atoms with Crippen LogP contribution in [0.15, 0.2) is 17.2 Å². The highest BCUT2D eigenvalue weighted by Gasteiger charge is 2.24. The first-order chi connectivity index (χ1) is 6.77. The summed E-state index contributed by atoms with van der Waals surface area (Å²) in [6, 6.07) is 0.347. The Morgan fingerprint density at radius 3 is 3.00 bits per heavy atom. The minimum absolute atomic E-state index is 0.140. The van der Waals surface area contributed by atoms with Crippen molar-refractivity contribution < 1.29 is 0 Å². The van der Waals surface area contributed by atoms with Gasteiger partial charge in [-0.05, 0) is 25.7 Å². The van der Waals surface area contributed by atoms with Crippen molar-refractivity contribution in [1.29, 1.82) is 0 Å². The van der Waals surface area contributed by atoms with Crippen LogP contribution >= 0.6 is 0 Å². The molecule has 1 fully saturated rings. The van der Waals surface area contributed by atoms with Gasteiger partial charge in [0.1, 0.15) is 0 Å². The summed E-state index contributed by atoms with van der Waals surface area (Å²) in [4.78, 5) is 17.9. The van der Waals surface area contributed by atoms with Crippen LogP contribution in [0, 0.1) is 5.92 Å². The first kappa shape index (κ1) is 9.24. The maximum absolute atomic E-state index is 11.3. The van der Waals surface area contributed by atoms with E-state index in [-0.39, 0.29) is 5.56 Å². The molecule has 1 atom stereocenters. The van der Waals surface area contributed by atoms with E-state index in [1.807, 2.05) is 0 Å². The van der Waals surface area contributed by atoms with Crippen LogP contribution in [0.2, 0.25) is 0 Å². The van der Waals surface area contributed by atoms with E-state index in [0.29, 0.717) is 17.8 Å². The Morgan fingerprint density at radius 1 is 1.64 bits per heavy atom. The van der Waals surface area contributed by atoms with Gasteiger partial charge < -0.3 is 10.3 Å². The number of nitrogens with zero attached hydrogens (tertiary/aromatic N) is 1. The molecule has 2 N–H and O–H groups in total. The van der Waals surface area contributed by atoms with Crippen LogP contribution in [-0.2, 0) is 0 Å². The van der Waals surface area contributed by atoms with Gasteiger partial charge in [-0.3, -0.25) is 4.79 Å². The number of aromatic amines is 1. The molecule has 4 nitrogen and oxygen atoms in total. The van der Waals surface area contributed by atoms with E-state index in [4.69, 9.17) is 0 Å². The van der Waals surface area contributed by atoms with Gasteiger partial charge in [-0.15, -0.1) is 0 Å². The quantitative estimate of drug-likeness (QED) is 0.762. The molecule has 0 aromatic carbocycles. The van der Waals surface area contributed by atoms with Crippen molar-refractivity contribution in [1.82, 2.24) is 9.97 Å². The second-order valence-corrected chi connectivity index (χ2v) is 3.89. The summed E-state index contributed by atoms with van der Waals surface area (Å²) >= 11 is 0. The fourth-order valence-electron chi connectivity index (χ4n) is 1.73. The van der Waals surface area contributed by atoms with Crippen molar-refractivity contribution in [2.75, 3.05) is 5.32 Å². The van der Waals surface area contributed by atoms with Crippen LogP contribution in [0.25, 0.3) is 0 Å². The fourth-order valence-corrected chi connectivity index (χ4v) is 1.73. The molecule has 76 valence electrons. The molecule has 0 amide bonds. The van der Waals surface area contributed by atoms with E-state index in [1.54, 1.807) is 12.4 Å². The van der Waals surface area contributed by atoms with Crippen LogP contribution in [0.1, 0.15) is 26.2 Å². The van der Waals surface area contributed by atoms with Crippen LogP contribution in [0.3, 0.4) is 0 Å². The van der Waals surface area contributed by atoms with Gasteiger partial charge in [-0.1, -0.05) is 6.42 Å². The molecule has 1 saturated carbocycles. The Labute approximate surface area is 82.8 Å². The molecule has 1 unspecified atom stereocenters. The lowest BCUT2D eigenvalue weighted by molar-refractivity contribution is 0.284. The predicted octanol–water partition coefficient (Wildman–Crippen LogP) is 1.37. The van der Waals surface area contributed by atoms with Gasteiger partial charge in [0.05, 0.1) is 0 Å². The number of hydrogen-bond donors (Lipinski definition) is 2. The van der Waals surface area contributed by atoms with E-state index >= 15 is 0 Å². The number of anilines is 1. The zero-order valence-corrected chi connectivity index (χ0v) is 8.29. The van der Waals surface area contributed by atoms with Gasteiger partial charge in [0.15, 0.2) is 5.82 Å². The van der Waals surface area contributed by atoms with Crippen LogP contribution in [0.5, 0.6) is 0 Å². The van der Waals surface area contributed by atoms with Gasteiger partial charge in [0, 0.05) is 18.4 Å². The minimum atomic E-state index is -0.140. The lowest BCUT2D eigenvalue weighted by Gasteiger charge is -2.31. The standard InChI is InChI=1S/C10H15N3O/c1-7(8-3-2-4-8)13-9-10(14)12-6-5-11-9/h5-8H,2-4H2,1H3,(H,11,13)(H,12,14). The third-order valence-electron chi connectivity index (χ3n) is 2.93. The Bertz CT molecular complexity index is 356. The van der Waals surface area contributed by atoms with Crippen molar-refractivity contribution >= 4 is 5.82 Å². The summed E-state index contributed by atoms with van der Waals surface area (Å²) in [7, 11) is 0. The zero-order valence-electron chi connectivity index (χ0n) is 8.29. The predicted molar refractivity (Wildman–Crippen MR) is 55.3 cm³/mol. The number of H-pyrrole nitrogens is 1. The molecule has 1 aliphatic carbocycles. The highest BCUT2D eigenvalue weighted by atomic mass is 16.1. The molecule has 0 aliphatic heterocycles. The zero-order chi connectivity index (χ0) is 9.97. The molecular formula is C10H15N3O. The molecule has 1 aromatic rings. The highest BCUT2D eigenvalue weighted by molar-refractivity contribution is 5.31. The summed E-state index contributed by atoms with van der Waals surface area (Å²) in [5.41, 5.74) is -0.140. The molecule has 4 heteroatoms. The van der Waals surface area contributed by atoms with Crippen molar-refractivity contribution in [2.24, 2.45) is 5.92 Å². The van der Waals surface area contributed by atoms with Gasteiger partial charge in [0.2, 0.25) is 0 Å². The van der Waals surface area contributed by atoms with Crippen LogP contribution in [-0.4, -0.2) is 16.0 Å². The van der Waals surface area contributed by atoms with Crippen LogP contribution < -0.4 is 10.9 Å². The smallest absolute Gasteiger partial charge is 0.290 e. The first-order valence-corrected chi connectivity index (χ1v) is 5.07. The van der Waals surface area contributed by atoms with Gasteiger partial charge >= 0.3 is 0 Å². The Balaban J connectivity index is 2.03. The number of hydrogen-bond acceptors (Lipinski definition) is 3. The minimum Gasteiger partial charge on any atom is -0.363 e. The molecule has 0 saturated heterocycles. The maximum Gasteiger partial charge on any atom is 0.290 e. The Kier molecular flexibility index (Phi) is 2.52. The maximum atomic E-state index is 11.3. The van der Waals surface area contributed by atoms with Crippen molar-refractivity contribution in [3.8, 4) is 0 Å². The monoisotopic (exact) mass is 193 g/mol. The second kappa shape index (κ2) is 3.82. The molecule has 0 spiro atoms. The average molecular weight is 193 g/mol. The van der Waals surface area contributed by atoms with Crippen molar-refractivity contribution in [3.05, 3.63) is 22.7 Å². The molecule has 1 aromatic heterocycles. The molecule has 1 aliphatic rings. The van der Waals surface area contributed by atoms with E-state index in [0.717, 1.165) is 0 Å². The second-order valence-electron chi connectivity index (χ2n) is 3.89.